The van der Waals surface area contributed by atoms with Crippen LogP contribution in [0.1, 0.15) is 24.3 Å². The molecule has 0 aromatic carbocycles. The van der Waals surface area contributed by atoms with Crippen molar-refractivity contribution in [1.82, 2.24) is 34.5 Å². The van der Waals surface area contributed by atoms with Crippen LogP contribution in [-0.2, 0) is 4.74 Å². The molecule has 0 unspecified atom stereocenters. The Bertz CT molecular complexity index is 1190. The van der Waals surface area contributed by atoms with Crippen molar-refractivity contribution in [2.75, 3.05) is 18.1 Å². The van der Waals surface area contributed by atoms with E-state index in [0.29, 0.717) is 29.5 Å². The first-order valence-corrected chi connectivity index (χ1v) is 9.18. The fraction of sp³-hybridized carbons (Fsp3) is 0.263. The number of nitrogens with one attached hydrogen (secondary N) is 1. The number of ether oxygens (including phenoxy) is 1. The van der Waals surface area contributed by atoms with Gasteiger partial charge in [-0.1, -0.05) is 0 Å². The van der Waals surface area contributed by atoms with Crippen LogP contribution < -0.4 is 4.90 Å². The summed E-state index contributed by atoms with van der Waals surface area (Å²) < 4.78 is 7.75. The summed E-state index contributed by atoms with van der Waals surface area (Å²) in [5.74, 6) is 1.34. The molecule has 1 aliphatic rings. The smallest absolute Gasteiger partial charge is 0.180 e. The van der Waals surface area contributed by atoms with Crippen LogP contribution in [0.2, 0.25) is 0 Å². The number of anilines is 1. The van der Waals surface area contributed by atoms with Crippen LogP contribution in [-0.4, -0.2) is 53.7 Å². The molecule has 0 spiro atoms. The number of aromatic amines is 1. The molecule has 10 nitrogen and oxygen atoms in total. The van der Waals surface area contributed by atoms with Gasteiger partial charge < -0.3 is 9.64 Å². The van der Waals surface area contributed by atoms with Crippen molar-refractivity contribution in [1.29, 1.82) is 5.26 Å². The molecule has 1 aliphatic heterocycles. The SMILES string of the molecule is C[C@H]1[C@H](c2cn[nH]c2)OCCN1c1ccnc(-c2cnc3cnc(C#N)cn23)n1. The number of aromatic nitrogens is 7. The second kappa shape index (κ2) is 6.96. The zero-order valence-corrected chi connectivity index (χ0v) is 15.6. The fourth-order valence-electron chi connectivity index (χ4n) is 3.64. The van der Waals surface area contributed by atoms with Crippen molar-refractivity contribution >= 4 is 11.5 Å². The largest absolute Gasteiger partial charge is 0.369 e. The van der Waals surface area contributed by atoms with E-state index in [1.54, 1.807) is 35.4 Å². The molecule has 0 saturated carbocycles. The van der Waals surface area contributed by atoms with Gasteiger partial charge in [-0.3, -0.25) is 9.50 Å². The summed E-state index contributed by atoms with van der Waals surface area (Å²) in [5.41, 5.74) is 2.65. The minimum absolute atomic E-state index is 0.0701. The van der Waals surface area contributed by atoms with E-state index in [-0.39, 0.29) is 12.1 Å². The predicted octanol–water partition coefficient (Wildman–Crippen LogP) is 1.75. The Kier molecular flexibility index (Phi) is 4.14. The Balaban J connectivity index is 1.51. The highest BCUT2D eigenvalue weighted by molar-refractivity contribution is 5.58. The first-order chi connectivity index (χ1) is 14.2. The van der Waals surface area contributed by atoms with Crippen LogP contribution in [0.4, 0.5) is 5.82 Å². The highest BCUT2D eigenvalue weighted by Gasteiger charge is 2.31. The molecule has 1 N–H and O–H groups in total. The average molecular weight is 387 g/mol. The second-order valence-corrected chi connectivity index (χ2v) is 6.75. The maximum Gasteiger partial charge on any atom is 0.180 e. The topological polar surface area (TPSA) is 121 Å². The number of H-pyrrole nitrogens is 1. The van der Waals surface area contributed by atoms with E-state index in [9.17, 15) is 0 Å². The van der Waals surface area contributed by atoms with Crippen LogP contribution in [0.3, 0.4) is 0 Å². The van der Waals surface area contributed by atoms with Crippen molar-refractivity contribution in [3.63, 3.8) is 0 Å². The number of nitriles is 1. The fourth-order valence-corrected chi connectivity index (χ4v) is 3.64. The van der Waals surface area contributed by atoms with E-state index in [1.165, 1.54) is 0 Å². The molecule has 5 heterocycles. The maximum atomic E-state index is 9.14. The van der Waals surface area contributed by atoms with E-state index >= 15 is 0 Å². The molecule has 0 aliphatic carbocycles. The Morgan fingerprint density at radius 2 is 2.17 bits per heavy atom. The number of nitrogens with zero attached hydrogens (tertiary/aromatic N) is 8. The summed E-state index contributed by atoms with van der Waals surface area (Å²) >= 11 is 0. The molecule has 5 rings (SSSR count). The number of fused-ring (bicyclic) bond motifs is 1. The van der Waals surface area contributed by atoms with E-state index in [1.807, 2.05) is 18.3 Å². The average Bonchev–Trinajstić information content (AvgIpc) is 3.43. The molecule has 10 heteroatoms. The second-order valence-electron chi connectivity index (χ2n) is 6.75. The number of imidazole rings is 1. The highest BCUT2D eigenvalue weighted by Crippen LogP contribution is 2.31. The molecule has 4 aromatic rings. The summed E-state index contributed by atoms with van der Waals surface area (Å²) in [6, 6.07) is 4.01. The van der Waals surface area contributed by atoms with Crippen LogP contribution in [0.15, 0.2) is 43.2 Å². The van der Waals surface area contributed by atoms with Crippen LogP contribution in [0, 0.1) is 11.3 Å². The van der Waals surface area contributed by atoms with Crippen molar-refractivity contribution in [3.8, 4) is 17.6 Å². The monoisotopic (exact) mass is 387 g/mol. The van der Waals surface area contributed by atoms with Gasteiger partial charge >= 0.3 is 0 Å². The summed E-state index contributed by atoms with van der Waals surface area (Å²) in [7, 11) is 0. The Morgan fingerprint density at radius 1 is 1.24 bits per heavy atom. The molecule has 144 valence electrons. The highest BCUT2D eigenvalue weighted by atomic mass is 16.5. The molecular formula is C19H17N9O. The van der Waals surface area contributed by atoms with Gasteiger partial charge in [0.15, 0.2) is 17.2 Å². The predicted molar refractivity (Wildman–Crippen MR) is 103 cm³/mol. The van der Waals surface area contributed by atoms with Gasteiger partial charge in [0.05, 0.1) is 31.2 Å². The number of morpholine rings is 1. The van der Waals surface area contributed by atoms with Crippen molar-refractivity contribution in [3.05, 3.63) is 54.5 Å². The van der Waals surface area contributed by atoms with Crippen molar-refractivity contribution in [2.24, 2.45) is 0 Å². The lowest BCUT2D eigenvalue weighted by atomic mass is 10.0. The number of hydrogen-bond acceptors (Lipinski definition) is 8. The lowest BCUT2D eigenvalue weighted by molar-refractivity contribution is 0.0143. The Labute approximate surface area is 165 Å². The van der Waals surface area contributed by atoms with E-state index in [4.69, 9.17) is 15.0 Å². The van der Waals surface area contributed by atoms with E-state index in [2.05, 4.69) is 37.0 Å². The van der Waals surface area contributed by atoms with Gasteiger partial charge in [-0.25, -0.2) is 19.9 Å². The van der Waals surface area contributed by atoms with Gasteiger partial charge in [-0.2, -0.15) is 10.4 Å². The molecule has 2 atom stereocenters. The summed E-state index contributed by atoms with van der Waals surface area (Å²) in [6.45, 7) is 3.42. The van der Waals surface area contributed by atoms with Gasteiger partial charge in [0.25, 0.3) is 0 Å². The molecule has 0 amide bonds. The minimum Gasteiger partial charge on any atom is -0.369 e. The summed E-state index contributed by atoms with van der Waals surface area (Å²) in [4.78, 5) is 19.8. The minimum atomic E-state index is -0.0963. The molecule has 4 aromatic heterocycles. The zero-order valence-electron chi connectivity index (χ0n) is 15.6. The van der Waals surface area contributed by atoms with Crippen LogP contribution >= 0.6 is 0 Å². The van der Waals surface area contributed by atoms with Gasteiger partial charge in [0.2, 0.25) is 0 Å². The quantitative estimate of drug-likeness (QED) is 0.564. The molecular weight excluding hydrogens is 370 g/mol. The normalized spacial score (nSPS) is 19.4. The maximum absolute atomic E-state index is 9.14. The van der Waals surface area contributed by atoms with Crippen LogP contribution in [0.5, 0.6) is 0 Å². The van der Waals surface area contributed by atoms with Crippen molar-refractivity contribution in [2.45, 2.75) is 19.1 Å². The molecule has 1 saturated heterocycles. The zero-order chi connectivity index (χ0) is 19.8. The third-order valence-electron chi connectivity index (χ3n) is 5.08. The first-order valence-electron chi connectivity index (χ1n) is 9.18. The van der Waals surface area contributed by atoms with Gasteiger partial charge in [0.1, 0.15) is 23.7 Å². The van der Waals surface area contributed by atoms with Crippen LogP contribution in [0.25, 0.3) is 17.2 Å². The summed E-state index contributed by atoms with van der Waals surface area (Å²) in [5, 5.41) is 16.0. The lowest BCUT2D eigenvalue weighted by Gasteiger charge is -2.39. The molecule has 0 bridgehead atoms. The number of rotatable bonds is 3. The molecule has 0 radical (unpaired) electrons. The summed E-state index contributed by atoms with van der Waals surface area (Å²) in [6.07, 6.45) is 10.2. The third kappa shape index (κ3) is 2.97. The number of hydrogen-bond donors (Lipinski definition) is 1. The van der Waals surface area contributed by atoms with Gasteiger partial charge in [-0.05, 0) is 13.0 Å². The van der Waals surface area contributed by atoms with Gasteiger partial charge in [0, 0.05) is 30.7 Å². The molecule has 1 fully saturated rings. The van der Waals surface area contributed by atoms with E-state index < -0.39 is 0 Å². The first kappa shape index (κ1) is 17.3. The Morgan fingerprint density at radius 3 is 3.00 bits per heavy atom. The van der Waals surface area contributed by atoms with E-state index in [0.717, 1.165) is 17.9 Å². The lowest BCUT2D eigenvalue weighted by Crippen LogP contribution is -2.46. The standard InChI is InChI=1S/C19H17N9O/c1-12-18(13-7-24-25-8-13)29-5-4-27(12)16-2-3-21-19(26-16)15-9-23-17-10-22-14(6-20)11-28(15)17/h2-3,7-12,18H,4-5H2,1H3,(H,24,25)/t12-,18+/m0/s1. The third-order valence-corrected chi connectivity index (χ3v) is 5.08. The van der Waals surface area contributed by atoms with Gasteiger partial charge in [-0.15, -0.1) is 0 Å². The Hall–Kier alpha value is -3.84. The molecule has 29 heavy (non-hydrogen) atoms. The van der Waals surface area contributed by atoms with Crippen molar-refractivity contribution < 1.29 is 4.74 Å².